The van der Waals surface area contributed by atoms with Gasteiger partial charge < -0.3 is 16.0 Å². The zero-order valence-corrected chi connectivity index (χ0v) is 15.4. The molecule has 3 N–H and O–H groups in total. The lowest BCUT2D eigenvalue weighted by atomic mass is 10.0. The van der Waals surface area contributed by atoms with Crippen molar-refractivity contribution >= 4 is 23.4 Å². The molecule has 0 heterocycles. The van der Waals surface area contributed by atoms with Crippen LogP contribution >= 0.6 is 0 Å². The van der Waals surface area contributed by atoms with Gasteiger partial charge in [-0.25, -0.2) is 4.39 Å². The van der Waals surface area contributed by atoms with Gasteiger partial charge in [-0.05, 0) is 48.4 Å². The van der Waals surface area contributed by atoms with Gasteiger partial charge in [0.15, 0.2) is 0 Å². The Hall–Kier alpha value is -3.22. The maximum atomic E-state index is 13.0. The van der Waals surface area contributed by atoms with Crippen molar-refractivity contribution in [2.45, 2.75) is 19.9 Å². The summed E-state index contributed by atoms with van der Waals surface area (Å²) in [7, 11) is 1.52. The normalized spacial score (nSPS) is 11.6. The first-order valence-corrected chi connectivity index (χ1v) is 8.51. The number of carbonyl (C=O) groups is 3. The topological polar surface area (TPSA) is 87.3 Å². The van der Waals surface area contributed by atoms with Crippen molar-refractivity contribution in [2.24, 2.45) is 5.92 Å². The first-order valence-electron chi connectivity index (χ1n) is 8.51. The highest BCUT2D eigenvalue weighted by atomic mass is 19.1. The summed E-state index contributed by atoms with van der Waals surface area (Å²) >= 11 is 0. The molecule has 0 bridgehead atoms. The van der Waals surface area contributed by atoms with Gasteiger partial charge in [-0.1, -0.05) is 19.9 Å². The van der Waals surface area contributed by atoms with Crippen molar-refractivity contribution in [3.05, 3.63) is 65.5 Å². The highest BCUT2D eigenvalue weighted by Gasteiger charge is 2.25. The van der Waals surface area contributed by atoms with E-state index < -0.39 is 23.7 Å². The van der Waals surface area contributed by atoms with Crippen molar-refractivity contribution in [1.29, 1.82) is 0 Å². The Balaban J connectivity index is 2.12. The minimum Gasteiger partial charge on any atom is -0.355 e. The van der Waals surface area contributed by atoms with Gasteiger partial charge in [0.25, 0.3) is 11.8 Å². The summed E-state index contributed by atoms with van der Waals surface area (Å²) in [6, 6.07) is 10.8. The number of anilines is 1. The summed E-state index contributed by atoms with van der Waals surface area (Å²) in [6.07, 6.45) is 0. The van der Waals surface area contributed by atoms with E-state index in [4.69, 9.17) is 0 Å². The second kappa shape index (κ2) is 8.93. The van der Waals surface area contributed by atoms with Crippen LogP contribution in [0.25, 0.3) is 0 Å². The van der Waals surface area contributed by atoms with Gasteiger partial charge in [0.05, 0.1) is 0 Å². The number of carbonyl (C=O) groups excluding carboxylic acids is 3. The third-order valence-electron chi connectivity index (χ3n) is 3.96. The summed E-state index contributed by atoms with van der Waals surface area (Å²) in [5.41, 5.74) is 1.12. The molecular weight excluding hydrogens is 349 g/mol. The van der Waals surface area contributed by atoms with E-state index in [1.807, 2.05) is 0 Å². The quantitative estimate of drug-likeness (QED) is 0.729. The zero-order chi connectivity index (χ0) is 20.0. The van der Waals surface area contributed by atoms with Crippen LogP contribution in [0.4, 0.5) is 10.1 Å². The molecular formula is C20H22FN3O3. The first kappa shape index (κ1) is 20.1. The van der Waals surface area contributed by atoms with E-state index >= 15 is 0 Å². The Morgan fingerprint density at radius 1 is 0.926 bits per heavy atom. The highest BCUT2D eigenvalue weighted by Crippen LogP contribution is 2.13. The van der Waals surface area contributed by atoms with Crippen LogP contribution in [0.3, 0.4) is 0 Å². The number of hydrogen-bond donors (Lipinski definition) is 3. The molecule has 7 heteroatoms. The maximum absolute atomic E-state index is 13.0. The molecule has 0 saturated carbocycles. The zero-order valence-electron chi connectivity index (χ0n) is 15.4. The number of halogens is 1. The van der Waals surface area contributed by atoms with Gasteiger partial charge in [0.2, 0.25) is 5.91 Å². The van der Waals surface area contributed by atoms with Crippen LogP contribution in [-0.2, 0) is 4.79 Å². The summed E-state index contributed by atoms with van der Waals surface area (Å²) in [5.74, 6) is -1.77. The third-order valence-corrected chi connectivity index (χ3v) is 3.96. The van der Waals surface area contributed by atoms with Crippen molar-refractivity contribution in [1.82, 2.24) is 10.6 Å². The van der Waals surface area contributed by atoms with Crippen LogP contribution in [0.1, 0.15) is 34.6 Å². The van der Waals surface area contributed by atoms with E-state index in [1.54, 1.807) is 38.1 Å². The van der Waals surface area contributed by atoms with Crippen LogP contribution in [0.5, 0.6) is 0 Å². The lowest BCUT2D eigenvalue weighted by molar-refractivity contribution is -0.118. The summed E-state index contributed by atoms with van der Waals surface area (Å²) in [6.45, 7) is 3.60. The van der Waals surface area contributed by atoms with Crippen LogP contribution in [-0.4, -0.2) is 30.8 Å². The molecule has 1 unspecified atom stereocenters. The molecule has 0 radical (unpaired) electrons. The van der Waals surface area contributed by atoms with Gasteiger partial charge in [0, 0.05) is 23.9 Å². The predicted octanol–water partition coefficient (Wildman–Crippen LogP) is 2.58. The Morgan fingerprint density at radius 3 is 2.19 bits per heavy atom. The summed E-state index contributed by atoms with van der Waals surface area (Å²) < 4.78 is 13.0. The Bertz CT molecular complexity index is 835. The molecule has 1 atom stereocenters. The van der Waals surface area contributed by atoms with Crippen LogP contribution in [0.15, 0.2) is 48.5 Å². The number of amides is 3. The summed E-state index contributed by atoms with van der Waals surface area (Å²) in [5, 5.41) is 7.90. The molecule has 0 aliphatic carbocycles. The van der Waals surface area contributed by atoms with Crippen molar-refractivity contribution in [3.8, 4) is 0 Å². The largest absolute Gasteiger partial charge is 0.355 e. The fourth-order valence-electron chi connectivity index (χ4n) is 2.46. The van der Waals surface area contributed by atoms with Gasteiger partial charge in [-0.3, -0.25) is 14.4 Å². The molecule has 0 aliphatic rings. The molecule has 6 nitrogen and oxygen atoms in total. The third kappa shape index (κ3) is 5.37. The van der Waals surface area contributed by atoms with Crippen LogP contribution in [0.2, 0.25) is 0 Å². The standard InChI is InChI=1S/C20H22FN3O3/c1-12(2)17(24-19(26)13-7-9-15(21)10-8-13)20(27)23-16-6-4-5-14(11-16)18(25)22-3/h4-12,17H,1-3H3,(H,22,25)(H,23,27)(H,24,26). The molecule has 0 fully saturated rings. The molecule has 2 aromatic carbocycles. The van der Waals surface area contributed by atoms with Gasteiger partial charge in [-0.15, -0.1) is 0 Å². The number of benzene rings is 2. The molecule has 142 valence electrons. The first-order chi connectivity index (χ1) is 12.8. The van der Waals surface area contributed by atoms with Crippen molar-refractivity contribution < 1.29 is 18.8 Å². The molecule has 0 spiro atoms. The Morgan fingerprint density at radius 2 is 1.59 bits per heavy atom. The SMILES string of the molecule is CNC(=O)c1cccc(NC(=O)C(NC(=O)c2ccc(F)cc2)C(C)C)c1. The lowest BCUT2D eigenvalue weighted by Crippen LogP contribution is -2.47. The molecule has 2 aromatic rings. The summed E-state index contributed by atoms with van der Waals surface area (Å²) in [4.78, 5) is 36.7. The molecule has 0 aliphatic heterocycles. The molecule has 27 heavy (non-hydrogen) atoms. The average Bonchev–Trinajstić information content (AvgIpc) is 2.65. The minimum absolute atomic E-state index is 0.184. The van der Waals surface area contributed by atoms with E-state index in [9.17, 15) is 18.8 Å². The Kier molecular flexibility index (Phi) is 6.65. The van der Waals surface area contributed by atoms with Crippen molar-refractivity contribution in [2.75, 3.05) is 12.4 Å². The van der Waals surface area contributed by atoms with E-state index in [2.05, 4.69) is 16.0 Å². The van der Waals surface area contributed by atoms with Crippen LogP contribution < -0.4 is 16.0 Å². The fraction of sp³-hybridized carbons (Fsp3) is 0.250. The van der Waals surface area contributed by atoms with E-state index in [0.717, 1.165) is 0 Å². The monoisotopic (exact) mass is 371 g/mol. The van der Waals surface area contributed by atoms with E-state index in [-0.39, 0.29) is 17.4 Å². The smallest absolute Gasteiger partial charge is 0.251 e. The van der Waals surface area contributed by atoms with Gasteiger partial charge in [-0.2, -0.15) is 0 Å². The second-order valence-electron chi connectivity index (χ2n) is 6.35. The fourth-order valence-corrected chi connectivity index (χ4v) is 2.46. The number of rotatable bonds is 6. The van der Waals surface area contributed by atoms with Crippen molar-refractivity contribution in [3.63, 3.8) is 0 Å². The molecule has 2 rings (SSSR count). The average molecular weight is 371 g/mol. The van der Waals surface area contributed by atoms with Gasteiger partial charge >= 0.3 is 0 Å². The number of hydrogen-bond acceptors (Lipinski definition) is 3. The second-order valence-corrected chi connectivity index (χ2v) is 6.35. The van der Waals surface area contributed by atoms with Gasteiger partial charge in [0.1, 0.15) is 11.9 Å². The molecule has 0 saturated heterocycles. The van der Waals surface area contributed by atoms with E-state index in [1.165, 1.54) is 31.3 Å². The lowest BCUT2D eigenvalue weighted by Gasteiger charge is -2.22. The minimum atomic E-state index is -0.800. The number of nitrogens with one attached hydrogen (secondary N) is 3. The highest BCUT2D eigenvalue weighted by molar-refractivity contribution is 6.02. The molecule has 0 aromatic heterocycles. The molecule has 3 amide bonds. The predicted molar refractivity (Wildman–Crippen MR) is 101 cm³/mol. The maximum Gasteiger partial charge on any atom is 0.251 e. The Labute approximate surface area is 157 Å². The van der Waals surface area contributed by atoms with E-state index in [0.29, 0.717) is 11.3 Å². The van der Waals surface area contributed by atoms with Crippen LogP contribution in [0, 0.1) is 11.7 Å².